The lowest BCUT2D eigenvalue weighted by Gasteiger charge is -2.35. The van der Waals surface area contributed by atoms with Gasteiger partial charge >= 0.3 is 6.18 Å². The number of carbonyl (C=O) groups excluding carboxylic acids is 1. The van der Waals surface area contributed by atoms with E-state index in [9.17, 15) is 23.1 Å². The van der Waals surface area contributed by atoms with Gasteiger partial charge in [-0.1, -0.05) is 0 Å². The Labute approximate surface area is 151 Å². The number of anilines is 1. The van der Waals surface area contributed by atoms with Crippen LogP contribution in [-0.2, 0) is 0 Å². The maximum absolute atomic E-state index is 12.5. The maximum atomic E-state index is 12.5. The highest BCUT2D eigenvalue weighted by atomic mass is 79.9. The maximum Gasteiger partial charge on any atom is 0.405 e. The molecular formula is C15H18BrF3N4O2. The molecule has 1 saturated heterocycles. The van der Waals surface area contributed by atoms with E-state index in [-0.39, 0.29) is 21.6 Å². The summed E-state index contributed by atoms with van der Waals surface area (Å²) in [5, 5.41) is 19.7. The smallest absolute Gasteiger partial charge is 0.390 e. The van der Waals surface area contributed by atoms with Gasteiger partial charge in [-0.3, -0.25) is 15.2 Å². The molecule has 0 spiro atoms. The van der Waals surface area contributed by atoms with E-state index in [1.54, 1.807) is 6.92 Å². The second-order valence-corrected chi connectivity index (χ2v) is 6.98. The fraction of sp³-hybridized carbons (Fsp3) is 0.533. The van der Waals surface area contributed by atoms with Gasteiger partial charge in [-0.15, -0.1) is 0 Å². The molecule has 0 aromatic carbocycles. The van der Waals surface area contributed by atoms with Gasteiger partial charge in [-0.05, 0) is 41.8 Å². The predicted molar refractivity (Wildman–Crippen MR) is 90.3 cm³/mol. The van der Waals surface area contributed by atoms with Gasteiger partial charge in [-0.25, -0.2) is 0 Å². The Hall–Kier alpha value is -1.68. The minimum absolute atomic E-state index is 0.00144. The van der Waals surface area contributed by atoms with Crippen molar-refractivity contribution >= 4 is 32.1 Å². The van der Waals surface area contributed by atoms with Crippen LogP contribution in [0.2, 0.25) is 0 Å². The number of nitrogens with zero attached hydrogens (tertiary/aromatic N) is 2. The summed E-state index contributed by atoms with van der Waals surface area (Å²) in [5.41, 5.74) is -0.703. The Kier molecular flexibility index (Phi) is 5.72. The number of piperidine rings is 1. The molecule has 1 fully saturated rings. The first-order valence-corrected chi connectivity index (χ1v) is 8.34. The minimum Gasteiger partial charge on any atom is -0.390 e. The molecule has 6 nitrogen and oxygen atoms in total. The summed E-state index contributed by atoms with van der Waals surface area (Å²) in [6.07, 6.45) is -2.41. The summed E-state index contributed by atoms with van der Waals surface area (Å²) >= 11 is 2.90. The third kappa shape index (κ3) is 5.40. The Morgan fingerprint density at radius 1 is 1.48 bits per heavy atom. The third-order valence-electron chi connectivity index (χ3n) is 3.97. The van der Waals surface area contributed by atoms with E-state index in [0.717, 1.165) is 0 Å². The fourth-order valence-electron chi connectivity index (χ4n) is 2.44. The molecule has 3 N–H and O–H groups in total. The average molecular weight is 423 g/mol. The van der Waals surface area contributed by atoms with Crippen molar-refractivity contribution in [1.82, 2.24) is 9.88 Å². The van der Waals surface area contributed by atoms with Gasteiger partial charge in [0.25, 0.3) is 5.91 Å². The van der Waals surface area contributed by atoms with Gasteiger partial charge in [0.05, 0.1) is 5.60 Å². The summed E-state index contributed by atoms with van der Waals surface area (Å²) in [6.45, 7) is 1.09. The predicted octanol–water partition coefficient (Wildman–Crippen LogP) is 2.76. The van der Waals surface area contributed by atoms with Gasteiger partial charge in [0, 0.05) is 30.5 Å². The molecule has 0 saturated carbocycles. The van der Waals surface area contributed by atoms with Crippen LogP contribution >= 0.6 is 15.9 Å². The van der Waals surface area contributed by atoms with E-state index in [1.165, 1.54) is 17.2 Å². The van der Waals surface area contributed by atoms with E-state index in [0.29, 0.717) is 25.9 Å². The number of rotatable bonds is 4. The molecule has 1 amide bonds. The van der Waals surface area contributed by atoms with Crippen molar-refractivity contribution in [1.29, 1.82) is 5.41 Å². The summed E-state index contributed by atoms with van der Waals surface area (Å²) in [5.74, 6) is -0.418. The molecule has 1 aromatic rings. The third-order valence-corrected chi connectivity index (χ3v) is 4.39. The fourth-order valence-corrected chi connectivity index (χ4v) is 2.76. The Morgan fingerprint density at radius 2 is 2.08 bits per heavy atom. The monoisotopic (exact) mass is 422 g/mol. The van der Waals surface area contributed by atoms with Gasteiger partial charge in [0.1, 0.15) is 16.9 Å². The number of aliphatic hydroxyl groups is 1. The summed E-state index contributed by atoms with van der Waals surface area (Å²) < 4.78 is 37.2. The van der Waals surface area contributed by atoms with Crippen molar-refractivity contribution in [3.63, 3.8) is 0 Å². The minimum atomic E-state index is -4.43. The van der Waals surface area contributed by atoms with Crippen molar-refractivity contribution in [3.05, 3.63) is 23.5 Å². The number of nitrogens with one attached hydrogen (secondary N) is 2. The van der Waals surface area contributed by atoms with Crippen LogP contribution < -0.4 is 5.32 Å². The van der Waals surface area contributed by atoms with Gasteiger partial charge < -0.3 is 15.3 Å². The van der Waals surface area contributed by atoms with E-state index in [1.807, 2.05) is 0 Å². The Balaban J connectivity index is 2.21. The van der Waals surface area contributed by atoms with Crippen LogP contribution in [0.1, 0.15) is 35.8 Å². The molecule has 0 aliphatic carbocycles. The zero-order chi connectivity index (χ0) is 18.8. The SMILES string of the molecule is CC1(O)CCN(C(=O)c2cc(NCC(F)(F)F)c(C(=N)Br)cn2)CC1. The van der Waals surface area contributed by atoms with Crippen LogP contribution in [0.3, 0.4) is 0 Å². The molecule has 0 atom stereocenters. The highest BCUT2D eigenvalue weighted by Crippen LogP contribution is 2.25. The molecule has 1 aliphatic rings. The normalized spacial score (nSPS) is 17.3. The number of hydrogen-bond donors (Lipinski definition) is 3. The molecule has 25 heavy (non-hydrogen) atoms. The van der Waals surface area contributed by atoms with Gasteiger partial charge in [0.15, 0.2) is 0 Å². The molecule has 0 radical (unpaired) electrons. The van der Waals surface area contributed by atoms with Crippen molar-refractivity contribution < 1.29 is 23.1 Å². The highest BCUT2D eigenvalue weighted by molar-refractivity contribution is 9.18. The van der Waals surface area contributed by atoms with Gasteiger partial charge in [0.2, 0.25) is 0 Å². The number of carbonyl (C=O) groups is 1. The molecule has 1 aromatic heterocycles. The molecule has 1 aliphatic heterocycles. The molecule has 2 heterocycles. The number of aromatic nitrogens is 1. The first kappa shape index (κ1) is 19.6. The lowest BCUT2D eigenvalue weighted by atomic mass is 9.93. The van der Waals surface area contributed by atoms with Crippen LogP contribution in [0.4, 0.5) is 18.9 Å². The Morgan fingerprint density at radius 3 is 2.60 bits per heavy atom. The highest BCUT2D eigenvalue weighted by Gasteiger charge is 2.31. The lowest BCUT2D eigenvalue weighted by molar-refractivity contribution is -0.115. The van der Waals surface area contributed by atoms with Crippen molar-refractivity contribution in [2.75, 3.05) is 25.0 Å². The van der Waals surface area contributed by atoms with E-state index in [4.69, 9.17) is 5.41 Å². The number of hydrogen-bond acceptors (Lipinski definition) is 5. The lowest BCUT2D eigenvalue weighted by Crippen LogP contribution is -2.45. The topological polar surface area (TPSA) is 89.3 Å². The first-order valence-electron chi connectivity index (χ1n) is 7.55. The number of likely N-dealkylation sites (tertiary alicyclic amines) is 1. The first-order chi connectivity index (χ1) is 11.5. The van der Waals surface area contributed by atoms with Crippen LogP contribution in [-0.4, -0.2) is 56.9 Å². The van der Waals surface area contributed by atoms with E-state index < -0.39 is 24.2 Å². The van der Waals surface area contributed by atoms with Gasteiger partial charge in [-0.2, -0.15) is 13.2 Å². The summed E-state index contributed by atoms with van der Waals surface area (Å²) in [6, 6.07) is 1.21. The molecule has 138 valence electrons. The molecule has 10 heteroatoms. The molecule has 0 bridgehead atoms. The Bertz CT molecular complexity index is 669. The van der Waals surface area contributed by atoms with Crippen LogP contribution in [0.5, 0.6) is 0 Å². The van der Waals surface area contributed by atoms with E-state index in [2.05, 4.69) is 26.2 Å². The second-order valence-electron chi connectivity index (χ2n) is 6.19. The number of alkyl halides is 3. The molecular weight excluding hydrogens is 405 g/mol. The average Bonchev–Trinajstić information content (AvgIpc) is 2.51. The van der Waals surface area contributed by atoms with E-state index >= 15 is 0 Å². The quantitative estimate of drug-likeness (QED) is 0.650. The zero-order valence-corrected chi connectivity index (χ0v) is 15.0. The molecule has 2 rings (SSSR count). The largest absolute Gasteiger partial charge is 0.405 e. The second kappa shape index (κ2) is 7.28. The van der Waals surface area contributed by atoms with Crippen molar-refractivity contribution in [3.8, 4) is 0 Å². The summed E-state index contributed by atoms with van der Waals surface area (Å²) in [7, 11) is 0. The zero-order valence-electron chi connectivity index (χ0n) is 13.5. The van der Waals surface area contributed by atoms with Crippen LogP contribution in [0, 0.1) is 5.41 Å². The number of pyridine rings is 1. The standard InChI is InChI=1S/C15H18BrF3N4O2/c1-14(25)2-4-23(5-3-14)13(24)11-6-10(22-8-15(17,18)19)9(7-21-11)12(16)20/h6-7,20,25H,2-5,8H2,1H3,(H,21,22). The number of halogens is 4. The molecule has 0 unspecified atom stereocenters. The summed E-state index contributed by atoms with van der Waals surface area (Å²) in [4.78, 5) is 18.0. The van der Waals surface area contributed by atoms with Crippen LogP contribution in [0.25, 0.3) is 0 Å². The number of amides is 1. The van der Waals surface area contributed by atoms with Crippen molar-refractivity contribution in [2.45, 2.75) is 31.5 Å². The van der Waals surface area contributed by atoms with Crippen molar-refractivity contribution in [2.24, 2.45) is 0 Å². The van der Waals surface area contributed by atoms with Crippen LogP contribution in [0.15, 0.2) is 12.3 Å².